The zero-order valence-electron chi connectivity index (χ0n) is 17.8. The lowest BCUT2D eigenvalue weighted by molar-refractivity contribution is -0.386. The third-order valence-corrected chi connectivity index (χ3v) is 5.03. The third kappa shape index (κ3) is 5.50. The Kier molecular flexibility index (Phi) is 7.21. The molecule has 166 valence electrons. The van der Waals surface area contributed by atoms with E-state index >= 15 is 0 Å². The van der Waals surface area contributed by atoms with Gasteiger partial charge in [0.25, 0.3) is 5.91 Å². The second-order valence-corrected chi connectivity index (χ2v) is 7.56. The number of hydrazone groups is 1. The highest BCUT2D eigenvalue weighted by molar-refractivity contribution is 6.30. The van der Waals surface area contributed by atoms with Gasteiger partial charge < -0.3 is 4.74 Å². The lowest BCUT2D eigenvalue weighted by Crippen LogP contribution is -2.28. The predicted octanol–water partition coefficient (Wildman–Crippen LogP) is 4.35. The minimum Gasteiger partial charge on any atom is -0.489 e. The Hall–Kier alpha value is -3.72. The fourth-order valence-electron chi connectivity index (χ4n) is 3.10. The van der Waals surface area contributed by atoms with Gasteiger partial charge in [-0.2, -0.15) is 10.2 Å². The number of rotatable bonds is 8. The maximum absolute atomic E-state index is 12.4. The third-order valence-electron chi connectivity index (χ3n) is 4.78. The molecule has 1 unspecified atom stereocenters. The molecule has 0 saturated heterocycles. The number of aryl methyl sites for hydroxylation is 1. The molecule has 0 aliphatic rings. The van der Waals surface area contributed by atoms with Crippen LogP contribution >= 0.6 is 11.6 Å². The van der Waals surface area contributed by atoms with Gasteiger partial charge in [0.05, 0.1) is 11.1 Å². The molecule has 3 aromatic rings. The van der Waals surface area contributed by atoms with Crippen LogP contribution in [0.15, 0.2) is 53.6 Å². The zero-order valence-corrected chi connectivity index (χ0v) is 18.5. The molecule has 0 fully saturated rings. The van der Waals surface area contributed by atoms with Crippen molar-refractivity contribution in [2.24, 2.45) is 5.10 Å². The largest absolute Gasteiger partial charge is 0.489 e. The van der Waals surface area contributed by atoms with E-state index in [2.05, 4.69) is 15.6 Å². The molecule has 0 radical (unpaired) electrons. The Morgan fingerprint density at radius 2 is 2.03 bits per heavy atom. The van der Waals surface area contributed by atoms with Gasteiger partial charge in [0, 0.05) is 5.02 Å². The van der Waals surface area contributed by atoms with E-state index in [0.717, 1.165) is 11.1 Å². The van der Waals surface area contributed by atoms with Gasteiger partial charge in [-0.3, -0.25) is 19.6 Å². The highest BCUT2D eigenvalue weighted by atomic mass is 35.5. The number of hydrogen-bond acceptors (Lipinski definition) is 6. The van der Waals surface area contributed by atoms with Crippen molar-refractivity contribution < 1.29 is 14.5 Å². The Morgan fingerprint density at radius 3 is 2.69 bits per heavy atom. The molecule has 0 aliphatic heterocycles. The smallest absolute Gasteiger partial charge is 0.312 e. The highest BCUT2D eigenvalue weighted by Gasteiger charge is 2.26. The number of carbonyl (C=O) groups excluding carboxylic acids is 1. The maximum Gasteiger partial charge on any atom is 0.312 e. The molecule has 1 aromatic heterocycles. The molecular weight excluding hydrogens is 434 g/mol. The van der Waals surface area contributed by atoms with Crippen molar-refractivity contribution in [1.29, 1.82) is 0 Å². The van der Waals surface area contributed by atoms with Crippen LogP contribution in [0.1, 0.15) is 35.5 Å². The lowest BCUT2D eigenvalue weighted by atomic mass is 10.2. The van der Waals surface area contributed by atoms with Crippen LogP contribution in [0.25, 0.3) is 0 Å². The molecule has 2 aromatic carbocycles. The molecule has 1 heterocycles. The number of halogens is 1. The number of amides is 1. The molecule has 0 spiro atoms. The fourth-order valence-corrected chi connectivity index (χ4v) is 3.23. The van der Waals surface area contributed by atoms with E-state index in [1.807, 2.05) is 30.3 Å². The summed E-state index contributed by atoms with van der Waals surface area (Å²) < 4.78 is 7.11. The van der Waals surface area contributed by atoms with E-state index in [4.69, 9.17) is 16.3 Å². The maximum atomic E-state index is 12.4. The topological polar surface area (TPSA) is 112 Å². The summed E-state index contributed by atoms with van der Waals surface area (Å²) in [7, 11) is 0. The summed E-state index contributed by atoms with van der Waals surface area (Å²) in [4.78, 5) is 23.1. The van der Waals surface area contributed by atoms with Gasteiger partial charge in [0.15, 0.2) is 0 Å². The second-order valence-electron chi connectivity index (χ2n) is 7.12. The first-order valence-corrected chi connectivity index (χ1v) is 10.1. The predicted molar refractivity (Wildman–Crippen MR) is 121 cm³/mol. The first-order chi connectivity index (χ1) is 15.3. The molecule has 1 atom stereocenters. The molecule has 0 aliphatic carbocycles. The normalized spacial score (nSPS) is 12.0. The number of nitrogens with one attached hydrogen (secondary N) is 1. The second kappa shape index (κ2) is 10.1. The standard InChI is InChI=1S/C22H22ClN5O4/c1-14-21(28(30)31)15(2)27(26-14)16(3)22(29)25-24-12-18-5-4-6-20(11-18)32-13-17-7-9-19(23)10-8-17/h4-12,16H,13H2,1-3H3,(H,25,29). The molecule has 10 heteroatoms. The van der Waals surface area contributed by atoms with Gasteiger partial charge in [-0.1, -0.05) is 35.9 Å². The van der Waals surface area contributed by atoms with E-state index in [1.165, 1.54) is 17.8 Å². The number of carbonyl (C=O) groups is 1. The summed E-state index contributed by atoms with van der Waals surface area (Å²) in [6.07, 6.45) is 1.49. The van der Waals surface area contributed by atoms with E-state index < -0.39 is 16.9 Å². The van der Waals surface area contributed by atoms with Crippen LogP contribution in [0.4, 0.5) is 5.69 Å². The van der Waals surface area contributed by atoms with Crippen LogP contribution in [0.3, 0.4) is 0 Å². The number of benzene rings is 2. The minimum atomic E-state index is -0.770. The van der Waals surface area contributed by atoms with Crippen LogP contribution in [-0.2, 0) is 11.4 Å². The Bertz CT molecular complexity index is 1160. The van der Waals surface area contributed by atoms with Crippen LogP contribution in [-0.4, -0.2) is 26.8 Å². The fraction of sp³-hybridized carbons (Fsp3) is 0.227. The molecule has 0 saturated carbocycles. The van der Waals surface area contributed by atoms with Crippen LogP contribution in [0, 0.1) is 24.0 Å². The average molecular weight is 456 g/mol. The highest BCUT2D eigenvalue weighted by Crippen LogP contribution is 2.24. The summed E-state index contributed by atoms with van der Waals surface area (Å²) in [6.45, 7) is 5.08. The average Bonchev–Trinajstić information content (AvgIpc) is 3.07. The summed E-state index contributed by atoms with van der Waals surface area (Å²) in [6, 6.07) is 13.9. The van der Waals surface area contributed by atoms with Gasteiger partial charge >= 0.3 is 5.69 Å². The zero-order chi connectivity index (χ0) is 23.3. The van der Waals surface area contributed by atoms with Gasteiger partial charge in [-0.05, 0) is 56.2 Å². The number of nitro groups is 1. The van der Waals surface area contributed by atoms with Crippen LogP contribution in [0.5, 0.6) is 5.75 Å². The van der Waals surface area contributed by atoms with Gasteiger partial charge in [0.2, 0.25) is 0 Å². The first-order valence-electron chi connectivity index (χ1n) is 9.76. The van der Waals surface area contributed by atoms with Crippen molar-refractivity contribution in [3.63, 3.8) is 0 Å². The number of aromatic nitrogens is 2. The molecular formula is C22H22ClN5O4. The SMILES string of the molecule is Cc1nn(C(C)C(=O)NN=Cc2cccc(OCc3ccc(Cl)cc3)c2)c(C)c1[N+](=O)[O-]. The molecule has 0 bridgehead atoms. The van der Waals surface area contributed by atoms with E-state index in [1.54, 1.807) is 32.0 Å². The van der Waals surface area contributed by atoms with Gasteiger partial charge in [0.1, 0.15) is 29.8 Å². The quantitative estimate of drug-likeness (QED) is 0.308. The number of hydrogen-bond donors (Lipinski definition) is 1. The van der Waals surface area contributed by atoms with Crippen molar-refractivity contribution in [3.05, 3.63) is 86.2 Å². The molecule has 1 N–H and O–H groups in total. The van der Waals surface area contributed by atoms with Crippen molar-refractivity contribution in [3.8, 4) is 5.75 Å². The summed E-state index contributed by atoms with van der Waals surface area (Å²) >= 11 is 5.89. The van der Waals surface area contributed by atoms with E-state index in [0.29, 0.717) is 23.1 Å². The van der Waals surface area contributed by atoms with Crippen LogP contribution < -0.4 is 10.2 Å². The van der Waals surface area contributed by atoms with Crippen molar-refractivity contribution in [2.45, 2.75) is 33.4 Å². The first kappa shape index (κ1) is 23.0. The van der Waals surface area contributed by atoms with E-state index in [9.17, 15) is 14.9 Å². The van der Waals surface area contributed by atoms with Crippen molar-refractivity contribution >= 4 is 29.4 Å². The number of nitrogens with zero attached hydrogens (tertiary/aromatic N) is 4. The van der Waals surface area contributed by atoms with Crippen LogP contribution in [0.2, 0.25) is 5.02 Å². The monoisotopic (exact) mass is 455 g/mol. The van der Waals surface area contributed by atoms with Crippen molar-refractivity contribution in [1.82, 2.24) is 15.2 Å². The Morgan fingerprint density at radius 1 is 1.31 bits per heavy atom. The molecule has 9 nitrogen and oxygen atoms in total. The minimum absolute atomic E-state index is 0.0939. The summed E-state index contributed by atoms with van der Waals surface area (Å²) in [5, 5.41) is 19.9. The molecule has 1 amide bonds. The molecule has 32 heavy (non-hydrogen) atoms. The summed E-state index contributed by atoms with van der Waals surface area (Å²) in [5.74, 6) is 0.204. The Labute approximate surface area is 189 Å². The van der Waals surface area contributed by atoms with E-state index in [-0.39, 0.29) is 11.4 Å². The molecule has 3 rings (SSSR count). The number of ether oxygens (including phenoxy) is 1. The Balaban J connectivity index is 1.60. The summed E-state index contributed by atoms with van der Waals surface area (Å²) in [5.41, 5.74) is 4.63. The van der Waals surface area contributed by atoms with Crippen molar-refractivity contribution in [2.75, 3.05) is 0 Å². The lowest BCUT2D eigenvalue weighted by Gasteiger charge is -2.11. The van der Waals surface area contributed by atoms with Gasteiger partial charge in [-0.15, -0.1) is 0 Å². The van der Waals surface area contributed by atoms with Gasteiger partial charge in [-0.25, -0.2) is 5.43 Å².